The number of thioether (sulfide) groups is 1. The molecule has 29 heavy (non-hydrogen) atoms. The van der Waals surface area contributed by atoms with Gasteiger partial charge in [-0.3, -0.25) is 4.79 Å². The first kappa shape index (κ1) is 21.1. The molecule has 0 saturated heterocycles. The van der Waals surface area contributed by atoms with Gasteiger partial charge in [0, 0.05) is 18.7 Å². The second kappa shape index (κ2) is 9.74. The monoisotopic (exact) mass is 408 g/mol. The molecule has 0 aliphatic heterocycles. The maximum absolute atomic E-state index is 12.6. The molecule has 152 valence electrons. The average Bonchev–Trinajstić information content (AvgIpc) is 3.10. The molecule has 5 nitrogen and oxygen atoms in total. The Balaban J connectivity index is 1.65. The van der Waals surface area contributed by atoms with Crippen LogP contribution in [-0.2, 0) is 17.8 Å². The highest BCUT2D eigenvalue weighted by molar-refractivity contribution is 8.00. The zero-order chi connectivity index (χ0) is 20.8. The third kappa shape index (κ3) is 5.48. The maximum Gasteiger partial charge on any atom is 0.237 e. The second-order valence-electron chi connectivity index (χ2n) is 7.33. The molecule has 2 aromatic carbocycles. The largest absolute Gasteiger partial charge is 0.325 e. The summed E-state index contributed by atoms with van der Waals surface area (Å²) < 4.78 is 2.08. The number of amides is 1. The smallest absolute Gasteiger partial charge is 0.237 e. The van der Waals surface area contributed by atoms with Crippen LogP contribution in [0.3, 0.4) is 0 Å². The van der Waals surface area contributed by atoms with Crippen molar-refractivity contribution in [1.29, 1.82) is 0 Å². The van der Waals surface area contributed by atoms with E-state index in [1.807, 2.05) is 37.3 Å². The molecule has 1 N–H and O–H groups in total. The molecule has 0 unspecified atom stereocenters. The van der Waals surface area contributed by atoms with Gasteiger partial charge in [0.05, 0.1) is 5.25 Å². The predicted octanol–water partition coefficient (Wildman–Crippen LogP) is 5.13. The number of rotatable bonds is 8. The Kier molecular flexibility index (Phi) is 7.09. The van der Waals surface area contributed by atoms with Gasteiger partial charge in [-0.25, -0.2) is 0 Å². The third-order valence-corrected chi connectivity index (χ3v) is 5.89. The molecule has 0 spiro atoms. The molecule has 0 bridgehead atoms. The fourth-order valence-electron chi connectivity index (χ4n) is 3.04. The topological polar surface area (TPSA) is 59.8 Å². The summed E-state index contributed by atoms with van der Waals surface area (Å²) in [7, 11) is 0. The van der Waals surface area contributed by atoms with Crippen molar-refractivity contribution in [2.45, 2.75) is 57.0 Å². The molecule has 1 aromatic heterocycles. The van der Waals surface area contributed by atoms with Gasteiger partial charge >= 0.3 is 0 Å². The van der Waals surface area contributed by atoms with Crippen molar-refractivity contribution < 1.29 is 4.79 Å². The zero-order valence-electron chi connectivity index (χ0n) is 17.4. The van der Waals surface area contributed by atoms with Crippen molar-refractivity contribution in [1.82, 2.24) is 14.8 Å². The Morgan fingerprint density at radius 1 is 1.03 bits per heavy atom. The quantitative estimate of drug-likeness (QED) is 0.525. The Labute approximate surface area is 176 Å². The van der Waals surface area contributed by atoms with Gasteiger partial charge in [-0.2, -0.15) is 0 Å². The van der Waals surface area contributed by atoms with E-state index in [4.69, 9.17) is 0 Å². The Hall–Kier alpha value is -2.60. The molecule has 0 aliphatic rings. The van der Waals surface area contributed by atoms with E-state index >= 15 is 0 Å². The van der Waals surface area contributed by atoms with E-state index in [1.165, 1.54) is 22.9 Å². The molecule has 6 heteroatoms. The Bertz CT molecular complexity index is 935. The summed E-state index contributed by atoms with van der Waals surface area (Å²) in [6.07, 6.45) is 0.727. The second-order valence-corrected chi connectivity index (χ2v) is 8.64. The van der Waals surface area contributed by atoms with Gasteiger partial charge in [0.2, 0.25) is 5.91 Å². The highest BCUT2D eigenvalue weighted by Gasteiger charge is 2.20. The van der Waals surface area contributed by atoms with Crippen molar-refractivity contribution in [2.75, 3.05) is 5.32 Å². The molecule has 0 radical (unpaired) electrons. The number of carbonyl (C=O) groups is 1. The summed E-state index contributed by atoms with van der Waals surface area (Å²) in [4.78, 5) is 12.6. The summed E-state index contributed by atoms with van der Waals surface area (Å²) >= 11 is 1.44. The van der Waals surface area contributed by atoms with Gasteiger partial charge in [0.15, 0.2) is 5.16 Å². The van der Waals surface area contributed by atoms with Crippen molar-refractivity contribution in [3.8, 4) is 0 Å². The van der Waals surface area contributed by atoms with Gasteiger partial charge in [0.25, 0.3) is 0 Å². The number of benzene rings is 2. The molecule has 3 aromatic rings. The SMILES string of the molecule is CCn1c(Cc2ccccc2)nnc1S[C@@H](C)C(=O)Nc1ccc(C(C)C)cc1. The fourth-order valence-corrected chi connectivity index (χ4v) is 3.97. The number of hydrogen-bond donors (Lipinski definition) is 1. The van der Waals surface area contributed by atoms with Crippen LogP contribution < -0.4 is 5.32 Å². The minimum Gasteiger partial charge on any atom is -0.325 e. The van der Waals surface area contributed by atoms with E-state index in [1.54, 1.807) is 0 Å². The summed E-state index contributed by atoms with van der Waals surface area (Å²) in [6.45, 7) is 9.05. The van der Waals surface area contributed by atoms with Gasteiger partial charge < -0.3 is 9.88 Å². The van der Waals surface area contributed by atoms with Crippen molar-refractivity contribution in [2.24, 2.45) is 0 Å². The standard InChI is InChI=1S/C23H28N4OS/c1-5-27-21(15-18-9-7-6-8-10-18)25-26-23(27)29-17(4)22(28)24-20-13-11-19(12-14-20)16(2)3/h6-14,16-17H,5,15H2,1-4H3,(H,24,28)/t17-/m0/s1. The van der Waals surface area contributed by atoms with Gasteiger partial charge in [-0.05, 0) is 43.0 Å². The van der Waals surface area contributed by atoms with Gasteiger partial charge in [-0.1, -0.05) is 68.1 Å². The van der Waals surface area contributed by atoms with Crippen LogP contribution >= 0.6 is 11.8 Å². The van der Waals surface area contributed by atoms with Crippen molar-refractivity contribution in [3.05, 3.63) is 71.5 Å². The van der Waals surface area contributed by atoms with Crippen LogP contribution in [0.2, 0.25) is 0 Å². The maximum atomic E-state index is 12.6. The minimum absolute atomic E-state index is 0.0393. The van der Waals surface area contributed by atoms with E-state index in [9.17, 15) is 4.79 Å². The lowest BCUT2D eigenvalue weighted by atomic mass is 10.0. The highest BCUT2D eigenvalue weighted by Crippen LogP contribution is 2.25. The Morgan fingerprint density at radius 2 is 1.72 bits per heavy atom. The van der Waals surface area contributed by atoms with Crippen LogP contribution in [0.4, 0.5) is 5.69 Å². The molecule has 0 saturated carbocycles. The summed E-state index contributed by atoms with van der Waals surface area (Å²) in [5.74, 6) is 1.35. The summed E-state index contributed by atoms with van der Waals surface area (Å²) in [5.41, 5.74) is 3.27. The number of anilines is 1. The lowest BCUT2D eigenvalue weighted by Gasteiger charge is -2.13. The first-order valence-corrected chi connectivity index (χ1v) is 10.9. The molecule has 3 rings (SSSR count). The number of nitrogens with zero attached hydrogens (tertiary/aromatic N) is 3. The van der Waals surface area contributed by atoms with E-state index in [0.717, 1.165) is 29.6 Å². The highest BCUT2D eigenvalue weighted by atomic mass is 32.2. The zero-order valence-corrected chi connectivity index (χ0v) is 18.2. The van der Waals surface area contributed by atoms with Crippen molar-refractivity contribution >= 4 is 23.4 Å². The van der Waals surface area contributed by atoms with Crippen molar-refractivity contribution in [3.63, 3.8) is 0 Å². The van der Waals surface area contributed by atoms with E-state index in [-0.39, 0.29) is 11.2 Å². The lowest BCUT2D eigenvalue weighted by Crippen LogP contribution is -2.23. The molecule has 1 heterocycles. The summed E-state index contributed by atoms with van der Waals surface area (Å²) in [5, 5.41) is 12.2. The molecule has 0 fully saturated rings. The van der Waals surface area contributed by atoms with Crippen LogP contribution in [0.25, 0.3) is 0 Å². The molecule has 1 amide bonds. The lowest BCUT2D eigenvalue weighted by molar-refractivity contribution is -0.115. The van der Waals surface area contributed by atoms with Crippen LogP contribution in [0.15, 0.2) is 59.8 Å². The van der Waals surface area contributed by atoms with E-state index < -0.39 is 0 Å². The molecule has 0 aliphatic carbocycles. The number of hydrogen-bond acceptors (Lipinski definition) is 4. The van der Waals surface area contributed by atoms with Crippen LogP contribution in [-0.4, -0.2) is 25.9 Å². The number of carbonyl (C=O) groups excluding carboxylic acids is 1. The normalized spacial score (nSPS) is 12.2. The predicted molar refractivity (Wildman–Crippen MR) is 119 cm³/mol. The van der Waals surface area contributed by atoms with Crippen LogP contribution in [0.1, 0.15) is 50.6 Å². The molecular formula is C23H28N4OS. The first-order valence-electron chi connectivity index (χ1n) is 10.0. The third-order valence-electron chi connectivity index (χ3n) is 4.81. The number of nitrogens with one attached hydrogen (secondary N) is 1. The van der Waals surface area contributed by atoms with E-state index in [2.05, 4.69) is 65.1 Å². The first-order chi connectivity index (χ1) is 14.0. The molecule has 1 atom stereocenters. The van der Waals surface area contributed by atoms with E-state index in [0.29, 0.717) is 5.92 Å². The van der Waals surface area contributed by atoms with Crippen LogP contribution in [0, 0.1) is 0 Å². The number of aromatic nitrogens is 3. The summed E-state index contributed by atoms with van der Waals surface area (Å²) in [6, 6.07) is 18.3. The minimum atomic E-state index is -0.279. The van der Waals surface area contributed by atoms with Gasteiger partial charge in [0.1, 0.15) is 5.82 Å². The Morgan fingerprint density at radius 3 is 2.34 bits per heavy atom. The van der Waals surface area contributed by atoms with Gasteiger partial charge in [-0.15, -0.1) is 10.2 Å². The average molecular weight is 409 g/mol. The van der Waals surface area contributed by atoms with Crippen LogP contribution in [0.5, 0.6) is 0 Å². The fraction of sp³-hybridized carbons (Fsp3) is 0.348. The molecular weight excluding hydrogens is 380 g/mol.